The van der Waals surface area contributed by atoms with E-state index in [1.807, 2.05) is 14.1 Å². The van der Waals surface area contributed by atoms with Crippen molar-refractivity contribution < 1.29 is 39.1 Å². The molecule has 0 spiro atoms. The molecule has 4 aliphatic rings. The summed E-state index contributed by atoms with van der Waals surface area (Å²) in [5.74, 6) is -0.353. The zero-order chi connectivity index (χ0) is 35.5. The standard InChI is InChI=1S/C17H34N4O4.C9H20N2O2.C6H14N2O2/c1-21(2)12-7-11(20-17(23)15(22)5-6-18)8-14(9-12)25-16-4-3-13(10-19)24-16;10-5-8(12)6-11-7-9-3-1-2-4-13-9;7-2-4-1-6(9)5(8)3-10-4/h11-16,22H,3-10,18-19H2,1-2H3,(H,20,23);8-9,11-12H,1-7,10H2;4-6,9H,1-3,7-8H2/t;;4-,5+,6?/m..1/s1. The Labute approximate surface area is 287 Å². The number of hydrogen-bond acceptors (Lipinski definition) is 15. The molecule has 1 saturated carbocycles. The van der Waals surface area contributed by atoms with Gasteiger partial charge in [0.05, 0.1) is 49.3 Å². The lowest BCUT2D eigenvalue weighted by molar-refractivity contribution is -0.172. The molecule has 16 nitrogen and oxygen atoms in total. The van der Waals surface area contributed by atoms with Gasteiger partial charge in [0.15, 0.2) is 6.29 Å². The molecule has 4 fully saturated rings. The third-order valence-corrected chi connectivity index (χ3v) is 9.22. The smallest absolute Gasteiger partial charge is 0.249 e. The van der Waals surface area contributed by atoms with E-state index in [-0.39, 0.29) is 55.6 Å². The molecule has 0 aromatic heterocycles. The van der Waals surface area contributed by atoms with Crippen LogP contribution in [0.5, 0.6) is 0 Å². The molecule has 0 aromatic carbocycles. The van der Waals surface area contributed by atoms with Crippen molar-refractivity contribution in [2.24, 2.45) is 28.7 Å². The summed E-state index contributed by atoms with van der Waals surface area (Å²) in [6.45, 7) is 4.28. The highest BCUT2D eigenvalue weighted by Gasteiger charge is 2.35. The van der Waals surface area contributed by atoms with Gasteiger partial charge >= 0.3 is 0 Å². The molecule has 284 valence electrons. The van der Waals surface area contributed by atoms with Crippen molar-refractivity contribution in [1.82, 2.24) is 15.5 Å². The molecule has 4 rings (SSSR count). The number of hydrogen-bond donors (Lipinski definition) is 10. The van der Waals surface area contributed by atoms with Crippen LogP contribution in [-0.4, -0.2) is 160 Å². The number of rotatable bonds is 14. The first-order valence-corrected chi connectivity index (χ1v) is 17.8. The van der Waals surface area contributed by atoms with E-state index in [0.29, 0.717) is 51.4 Å². The first-order chi connectivity index (χ1) is 23.0. The highest BCUT2D eigenvalue weighted by Crippen LogP contribution is 2.29. The zero-order valence-corrected chi connectivity index (χ0v) is 29.3. The molecule has 0 radical (unpaired) electrons. The first kappa shape index (κ1) is 43.1. The lowest BCUT2D eigenvalue weighted by atomic mass is 9.87. The number of ether oxygens (including phenoxy) is 4. The van der Waals surface area contributed by atoms with E-state index < -0.39 is 18.3 Å². The summed E-state index contributed by atoms with van der Waals surface area (Å²) in [6, 6.07) is 0.0444. The van der Waals surface area contributed by atoms with Crippen LogP contribution in [0.2, 0.25) is 0 Å². The van der Waals surface area contributed by atoms with Crippen molar-refractivity contribution in [2.75, 3.05) is 66.6 Å². The largest absolute Gasteiger partial charge is 0.391 e. The maximum atomic E-state index is 12.1. The summed E-state index contributed by atoms with van der Waals surface area (Å²) in [7, 11) is 4.07. The number of carbonyl (C=O) groups excluding carboxylic acids is 1. The predicted octanol–water partition coefficient (Wildman–Crippen LogP) is -2.97. The van der Waals surface area contributed by atoms with Gasteiger partial charge in [0.25, 0.3) is 0 Å². The number of aliphatic hydroxyl groups excluding tert-OH is 3. The molecule has 16 heteroatoms. The van der Waals surface area contributed by atoms with Crippen LogP contribution in [0.1, 0.15) is 64.2 Å². The lowest BCUT2D eigenvalue weighted by Gasteiger charge is -2.39. The Balaban J connectivity index is 0.000000288. The van der Waals surface area contributed by atoms with E-state index in [9.17, 15) is 15.0 Å². The lowest BCUT2D eigenvalue weighted by Crippen LogP contribution is -2.51. The minimum absolute atomic E-state index is 0.00481. The molecular weight excluding hydrogens is 624 g/mol. The molecule has 15 N–H and O–H groups in total. The van der Waals surface area contributed by atoms with E-state index in [0.717, 1.165) is 51.7 Å². The normalized spacial score (nSPS) is 33.5. The number of carbonyl (C=O) groups is 1. The number of aliphatic hydroxyl groups is 3. The van der Waals surface area contributed by atoms with Crippen LogP contribution in [0.3, 0.4) is 0 Å². The Kier molecular flexibility index (Phi) is 21.7. The van der Waals surface area contributed by atoms with Gasteiger partial charge in [0.2, 0.25) is 5.91 Å². The second-order valence-corrected chi connectivity index (χ2v) is 13.6. The third kappa shape index (κ3) is 16.7. The molecule has 1 aliphatic carbocycles. The fourth-order valence-corrected chi connectivity index (χ4v) is 6.13. The van der Waals surface area contributed by atoms with Crippen molar-refractivity contribution in [3.63, 3.8) is 0 Å². The summed E-state index contributed by atoms with van der Waals surface area (Å²) >= 11 is 0. The molecule has 11 atom stereocenters. The topological polar surface area (TPSA) is 272 Å². The predicted molar refractivity (Wildman–Crippen MR) is 184 cm³/mol. The van der Waals surface area contributed by atoms with Gasteiger partial charge in [-0.3, -0.25) is 4.79 Å². The van der Waals surface area contributed by atoms with E-state index >= 15 is 0 Å². The van der Waals surface area contributed by atoms with Crippen molar-refractivity contribution in [2.45, 2.75) is 131 Å². The maximum Gasteiger partial charge on any atom is 0.249 e. The summed E-state index contributed by atoms with van der Waals surface area (Å²) < 4.78 is 22.7. The molecule has 3 heterocycles. The average Bonchev–Trinajstić information content (AvgIpc) is 3.54. The quantitative estimate of drug-likeness (QED) is 0.0871. The van der Waals surface area contributed by atoms with Gasteiger partial charge in [-0.05, 0) is 72.0 Å². The fraction of sp³-hybridized carbons (Fsp3) is 0.969. The Hall–Kier alpha value is -1.09. The van der Waals surface area contributed by atoms with Crippen LogP contribution in [-0.2, 0) is 23.7 Å². The van der Waals surface area contributed by atoms with Crippen LogP contribution >= 0.6 is 0 Å². The Bertz CT molecular complexity index is 846. The average molecular weight is 693 g/mol. The molecular formula is C32H68N8O8. The van der Waals surface area contributed by atoms with Gasteiger partial charge in [0.1, 0.15) is 6.10 Å². The second-order valence-electron chi connectivity index (χ2n) is 13.6. The Morgan fingerprint density at radius 3 is 2.29 bits per heavy atom. The van der Waals surface area contributed by atoms with Gasteiger partial charge in [-0.15, -0.1) is 0 Å². The van der Waals surface area contributed by atoms with E-state index in [1.165, 1.54) is 12.8 Å². The Morgan fingerprint density at radius 2 is 1.71 bits per heavy atom. The molecule has 1 amide bonds. The number of nitrogens with two attached hydrogens (primary N) is 5. The molecule has 0 bridgehead atoms. The first-order valence-electron chi connectivity index (χ1n) is 17.8. The van der Waals surface area contributed by atoms with Crippen molar-refractivity contribution in [3.8, 4) is 0 Å². The van der Waals surface area contributed by atoms with E-state index in [1.54, 1.807) is 0 Å². The number of nitrogens with zero attached hydrogens (tertiary/aromatic N) is 1. The van der Waals surface area contributed by atoms with Gasteiger partial charge in [-0.1, -0.05) is 0 Å². The van der Waals surface area contributed by atoms with Crippen molar-refractivity contribution in [3.05, 3.63) is 0 Å². The summed E-state index contributed by atoms with van der Waals surface area (Å²) in [4.78, 5) is 14.3. The maximum absolute atomic E-state index is 12.1. The van der Waals surface area contributed by atoms with Gasteiger partial charge in [-0.25, -0.2) is 0 Å². The molecule has 48 heavy (non-hydrogen) atoms. The second kappa shape index (κ2) is 24.2. The minimum Gasteiger partial charge on any atom is -0.391 e. The highest BCUT2D eigenvalue weighted by atomic mass is 16.7. The van der Waals surface area contributed by atoms with Crippen molar-refractivity contribution >= 4 is 5.91 Å². The minimum atomic E-state index is -1.05. The van der Waals surface area contributed by atoms with E-state index in [4.69, 9.17) is 52.7 Å². The monoisotopic (exact) mass is 693 g/mol. The number of nitrogens with one attached hydrogen (secondary N) is 2. The molecule has 0 aromatic rings. The van der Waals surface area contributed by atoms with Crippen LogP contribution in [0.25, 0.3) is 0 Å². The van der Waals surface area contributed by atoms with Crippen LogP contribution in [0.4, 0.5) is 0 Å². The SMILES string of the molecule is CN(C)C1CC(NC(=O)C(O)CCN)CC(OC2CCC(CN)O2)C1.NCC(O)CNCC1CCCCO1.NC[C@H]1CC(O)[C@@H](N)CO1. The third-order valence-electron chi connectivity index (χ3n) is 9.22. The summed E-state index contributed by atoms with van der Waals surface area (Å²) in [6.07, 6.45) is 6.95. The van der Waals surface area contributed by atoms with Crippen molar-refractivity contribution in [1.29, 1.82) is 0 Å². The van der Waals surface area contributed by atoms with Crippen LogP contribution < -0.4 is 39.3 Å². The molecule has 3 saturated heterocycles. The van der Waals surface area contributed by atoms with Crippen LogP contribution in [0, 0.1) is 0 Å². The van der Waals surface area contributed by atoms with Crippen LogP contribution in [0.15, 0.2) is 0 Å². The van der Waals surface area contributed by atoms with E-state index in [2.05, 4.69) is 15.5 Å². The number of amides is 1. The molecule has 3 aliphatic heterocycles. The van der Waals surface area contributed by atoms with Gasteiger partial charge in [0, 0.05) is 64.3 Å². The van der Waals surface area contributed by atoms with Gasteiger partial charge < -0.3 is 78.5 Å². The zero-order valence-electron chi connectivity index (χ0n) is 29.3. The Morgan fingerprint density at radius 1 is 0.958 bits per heavy atom. The fourth-order valence-electron chi connectivity index (χ4n) is 6.13. The summed E-state index contributed by atoms with van der Waals surface area (Å²) in [5.41, 5.74) is 27.1. The molecule has 9 unspecified atom stereocenters. The highest BCUT2D eigenvalue weighted by molar-refractivity contribution is 5.80. The van der Waals surface area contributed by atoms with Gasteiger partial charge in [-0.2, -0.15) is 0 Å². The summed E-state index contributed by atoms with van der Waals surface area (Å²) in [5, 5.41) is 34.3.